The first-order valence-electron chi connectivity index (χ1n) is 8.91. The van der Waals surface area contributed by atoms with E-state index in [2.05, 4.69) is 5.10 Å². The van der Waals surface area contributed by atoms with Gasteiger partial charge in [0.2, 0.25) is 0 Å². The van der Waals surface area contributed by atoms with E-state index in [1.807, 2.05) is 25.2 Å². The van der Waals surface area contributed by atoms with Crippen LogP contribution < -0.4 is 5.48 Å². The number of hydroxylamine groups is 1. The van der Waals surface area contributed by atoms with E-state index in [0.717, 1.165) is 28.1 Å². The Hall–Kier alpha value is -2.71. The first-order valence-corrected chi connectivity index (χ1v) is 8.91. The van der Waals surface area contributed by atoms with Crippen molar-refractivity contribution in [3.63, 3.8) is 0 Å². The van der Waals surface area contributed by atoms with Crippen molar-refractivity contribution in [2.75, 3.05) is 0 Å². The molecule has 0 saturated heterocycles. The minimum absolute atomic E-state index is 0. The Kier molecular flexibility index (Phi) is 5.51. The summed E-state index contributed by atoms with van der Waals surface area (Å²) in [5.41, 5.74) is 3.60. The molecule has 0 saturated carbocycles. The molecule has 29 heavy (non-hydrogen) atoms. The van der Waals surface area contributed by atoms with Gasteiger partial charge in [0.15, 0.2) is 11.6 Å². The van der Waals surface area contributed by atoms with Crippen LogP contribution in [0.5, 0.6) is 0 Å². The molecule has 0 fully saturated rings. The molecule has 0 spiro atoms. The second-order valence-corrected chi connectivity index (χ2v) is 7.16. The number of nitrogens with zero attached hydrogens (tertiary/aromatic N) is 2. The lowest BCUT2D eigenvalue weighted by Gasteiger charge is -2.27. The molecule has 1 atom stereocenters. The standard InChI is InChI=1S/C21H19F2N3O2.H2S/c1-12-16(5-6-17(22)19(12)23)21(20(27)25-28)8-7-14(10-21)13-3-4-15-11-24-26(2)18(15)9-13;/h3-6,9-11,28H,7-8H2,1-2H3,(H,25,27);1H2/t21-;/m0./s1. The third kappa shape index (κ3) is 3.22. The zero-order valence-electron chi connectivity index (χ0n) is 16.0. The number of carbonyl (C=O) groups is 1. The predicted molar refractivity (Wildman–Crippen MR) is 111 cm³/mol. The fraction of sp³-hybridized carbons (Fsp3) is 0.238. The molecule has 5 nitrogen and oxygen atoms in total. The van der Waals surface area contributed by atoms with Gasteiger partial charge in [-0.2, -0.15) is 18.6 Å². The monoisotopic (exact) mass is 417 g/mol. The first kappa shape index (κ1) is 21.0. The summed E-state index contributed by atoms with van der Waals surface area (Å²) in [6, 6.07) is 8.30. The molecule has 1 aliphatic rings. The number of rotatable bonds is 3. The SMILES string of the molecule is Cc1c([C@@]2(C(=O)NO)C=C(c3ccc4cnn(C)c4c3)CC2)ccc(F)c1F.S. The fourth-order valence-corrected chi connectivity index (χ4v) is 4.09. The van der Waals surface area contributed by atoms with Gasteiger partial charge in [-0.05, 0) is 54.2 Å². The van der Waals surface area contributed by atoms with Crippen LogP contribution in [-0.4, -0.2) is 20.9 Å². The maximum Gasteiger partial charge on any atom is 0.257 e. The highest BCUT2D eigenvalue weighted by Gasteiger charge is 2.43. The number of fused-ring (bicyclic) bond motifs is 1. The van der Waals surface area contributed by atoms with Crippen LogP contribution in [0.25, 0.3) is 16.5 Å². The molecule has 1 heterocycles. The molecule has 2 N–H and O–H groups in total. The summed E-state index contributed by atoms with van der Waals surface area (Å²) < 4.78 is 29.6. The van der Waals surface area contributed by atoms with Crippen LogP contribution in [0.15, 0.2) is 42.6 Å². The maximum absolute atomic E-state index is 14.2. The van der Waals surface area contributed by atoms with Crippen LogP contribution in [0, 0.1) is 18.6 Å². The zero-order valence-corrected chi connectivity index (χ0v) is 17.0. The summed E-state index contributed by atoms with van der Waals surface area (Å²) in [6.07, 6.45) is 4.41. The quantitative estimate of drug-likeness (QED) is 0.502. The summed E-state index contributed by atoms with van der Waals surface area (Å²) in [7, 11) is 1.85. The number of hydrogen-bond acceptors (Lipinski definition) is 3. The van der Waals surface area contributed by atoms with Gasteiger partial charge in [0, 0.05) is 12.4 Å². The largest absolute Gasteiger partial charge is 0.289 e. The van der Waals surface area contributed by atoms with Crippen molar-refractivity contribution in [2.24, 2.45) is 7.05 Å². The topological polar surface area (TPSA) is 67.2 Å². The van der Waals surface area contributed by atoms with Gasteiger partial charge in [-0.15, -0.1) is 0 Å². The van der Waals surface area contributed by atoms with Gasteiger partial charge in [0.25, 0.3) is 5.91 Å². The Morgan fingerprint density at radius 1 is 1.28 bits per heavy atom. The van der Waals surface area contributed by atoms with Gasteiger partial charge in [-0.25, -0.2) is 14.3 Å². The average Bonchev–Trinajstić information content (AvgIpc) is 3.30. The van der Waals surface area contributed by atoms with E-state index in [4.69, 9.17) is 0 Å². The Labute approximate surface area is 173 Å². The summed E-state index contributed by atoms with van der Waals surface area (Å²) in [5.74, 6) is -2.62. The molecule has 3 aromatic rings. The molecule has 1 aliphatic carbocycles. The van der Waals surface area contributed by atoms with E-state index in [0.29, 0.717) is 18.4 Å². The Morgan fingerprint density at radius 3 is 2.76 bits per heavy atom. The lowest BCUT2D eigenvalue weighted by Crippen LogP contribution is -2.41. The molecule has 1 amide bonds. The van der Waals surface area contributed by atoms with Crippen molar-refractivity contribution in [2.45, 2.75) is 25.2 Å². The number of nitrogens with one attached hydrogen (secondary N) is 1. The molecule has 8 heteroatoms. The van der Waals surface area contributed by atoms with Gasteiger partial charge < -0.3 is 0 Å². The molecule has 0 bridgehead atoms. The van der Waals surface area contributed by atoms with E-state index in [1.165, 1.54) is 13.0 Å². The Balaban J connectivity index is 0.00000240. The lowest BCUT2D eigenvalue weighted by molar-refractivity contribution is -0.133. The third-order valence-electron chi connectivity index (χ3n) is 5.66. The van der Waals surface area contributed by atoms with Crippen molar-refractivity contribution >= 4 is 35.9 Å². The second kappa shape index (κ2) is 7.61. The van der Waals surface area contributed by atoms with E-state index in [-0.39, 0.29) is 19.1 Å². The molecule has 0 unspecified atom stereocenters. The number of carbonyl (C=O) groups excluding carboxylic acids is 1. The molecule has 152 valence electrons. The number of benzene rings is 2. The van der Waals surface area contributed by atoms with Crippen LogP contribution in [0.3, 0.4) is 0 Å². The fourth-order valence-electron chi connectivity index (χ4n) is 4.09. The molecule has 0 aliphatic heterocycles. The Bertz CT molecular complexity index is 1140. The zero-order chi connectivity index (χ0) is 20.1. The smallest absolute Gasteiger partial charge is 0.257 e. The highest BCUT2D eigenvalue weighted by atomic mass is 32.1. The molecular formula is C21H21F2N3O2S. The van der Waals surface area contributed by atoms with E-state index in [9.17, 15) is 18.8 Å². The van der Waals surface area contributed by atoms with Crippen LogP contribution in [-0.2, 0) is 17.3 Å². The minimum Gasteiger partial charge on any atom is -0.289 e. The van der Waals surface area contributed by atoms with Gasteiger partial charge in [-0.1, -0.05) is 24.3 Å². The molecular weight excluding hydrogens is 396 g/mol. The normalized spacial score (nSPS) is 18.4. The maximum atomic E-state index is 14.2. The first-order chi connectivity index (χ1) is 13.4. The number of halogens is 2. The number of aryl methyl sites for hydroxylation is 1. The number of aromatic nitrogens is 2. The van der Waals surface area contributed by atoms with Crippen LogP contribution in [0.2, 0.25) is 0 Å². The summed E-state index contributed by atoms with van der Waals surface area (Å²) in [6.45, 7) is 1.44. The number of amides is 1. The van der Waals surface area contributed by atoms with Crippen LogP contribution >= 0.6 is 13.5 Å². The van der Waals surface area contributed by atoms with Crippen molar-refractivity contribution < 1.29 is 18.8 Å². The van der Waals surface area contributed by atoms with Crippen molar-refractivity contribution in [1.82, 2.24) is 15.3 Å². The molecule has 2 aromatic carbocycles. The van der Waals surface area contributed by atoms with Crippen molar-refractivity contribution in [1.29, 1.82) is 0 Å². The second-order valence-electron chi connectivity index (χ2n) is 7.16. The highest BCUT2D eigenvalue weighted by molar-refractivity contribution is 7.59. The van der Waals surface area contributed by atoms with Gasteiger partial charge >= 0.3 is 0 Å². The highest BCUT2D eigenvalue weighted by Crippen LogP contribution is 2.45. The summed E-state index contributed by atoms with van der Waals surface area (Å²) in [5, 5.41) is 14.6. The van der Waals surface area contributed by atoms with Crippen molar-refractivity contribution in [3.05, 3.63) is 70.9 Å². The van der Waals surface area contributed by atoms with Crippen molar-refractivity contribution in [3.8, 4) is 0 Å². The van der Waals surface area contributed by atoms with Gasteiger partial charge in [0.1, 0.15) is 0 Å². The molecule has 1 aromatic heterocycles. The minimum atomic E-state index is -1.27. The lowest BCUT2D eigenvalue weighted by atomic mass is 9.77. The van der Waals surface area contributed by atoms with Crippen LogP contribution in [0.1, 0.15) is 29.5 Å². The third-order valence-corrected chi connectivity index (χ3v) is 5.66. The van der Waals surface area contributed by atoms with Crippen LogP contribution in [0.4, 0.5) is 8.78 Å². The predicted octanol–water partition coefficient (Wildman–Crippen LogP) is 3.89. The summed E-state index contributed by atoms with van der Waals surface area (Å²) >= 11 is 0. The van der Waals surface area contributed by atoms with Gasteiger partial charge in [-0.3, -0.25) is 14.7 Å². The van der Waals surface area contributed by atoms with E-state index < -0.39 is 23.0 Å². The molecule has 4 rings (SSSR count). The average molecular weight is 417 g/mol. The summed E-state index contributed by atoms with van der Waals surface area (Å²) in [4.78, 5) is 12.7. The van der Waals surface area contributed by atoms with E-state index in [1.54, 1.807) is 22.4 Å². The number of hydrogen-bond donors (Lipinski definition) is 2. The van der Waals surface area contributed by atoms with Gasteiger partial charge in [0.05, 0.1) is 17.1 Å². The molecule has 0 radical (unpaired) electrons. The van der Waals surface area contributed by atoms with E-state index >= 15 is 0 Å². The number of allylic oxidation sites excluding steroid dienone is 1. The Morgan fingerprint density at radius 2 is 2.03 bits per heavy atom.